The highest BCUT2D eigenvalue weighted by Gasteiger charge is 2.40. The van der Waals surface area contributed by atoms with Crippen molar-refractivity contribution in [1.82, 2.24) is 10.3 Å². The molecule has 0 saturated heterocycles. The Morgan fingerprint density at radius 2 is 1.79 bits per heavy atom. The monoisotopic (exact) mass is 455 g/mol. The summed E-state index contributed by atoms with van der Waals surface area (Å²) in [7, 11) is 0. The molecule has 2 bridgehead atoms. The quantitative estimate of drug-likeness (QED) is 0.671. The SMILES string of the molecule is Cl.Cl.NC1C2CCCC1CC(C(=O)NCc1csc(CCc3ccccc3)n1)C2. The van der Waals surface area contributed by atoms with Gasteiger partial charge in [-0.15, -0.1) is 36.2 Å². The van der Waals surface area contributed by atoms with Gasteiger partial charge in [-0.3, -0.25) is 4.79 Å². The van der Waals surface area contributed by atoms with Crippen LogP contribution in [0.15, 0.2) is 35.7 Å². The summed E-state index contributed by atoms with van der Waals surface area (Å²) in [4.78, 5) is 17.3. The lowest BCUT2D eigenvalue weighted by molar-refractivity contribution is -0.128. The van der Waals surface area contributed by atoms with Crippen LogP contribution in [0.5, 0.6) is 0 Å². The Kier molecular flexibility index (Phi) is 9.41. The van der Waals surface area contributed by atoms with Crippen LogP contribution in [0, 0.1) is 17.8 Å². The number of nitrogens with zero attached hydrogens (tertiary/aromatic N) is 1. The molecule has 160 valence electrons. The van der Waals surface area contributed by atoms with Crippen LogP contribution in [0.4, 0.5) is 0 Å². The molecule has 7 heteroatoms. The smallest absolute Gasteiger partial charge is 0.223 e. The highest BCUT2D eigenvalue weighted by atomic mass is 35.5. The van der Waals surface area contributed by atoms with Gasteiger partial charge in [0, 0.05) is 23.8 Å². The molecule has 4 rings (SSSR count). The standard InChI is InChI=1S/C22H29N3OS.2ClH/c23-21-16-7-4-8-17(21)12-18(11-16)22(26)24-13-19-14-27-20(25-19)10-9-15-5-2-1-3-6-15;;/h1-3,5-6,14,16-18,21H,4,7-13,23H2,(H,24,26);2*1H. The number of carbonyl (C=O) groups excluding carboxylic acids is 1. The number of fused-ring (bicyclic) bond motifs is 2. The Labute approximate surface area is 189 Å². The van der Waals surface area contributed by atoms with E-state index in [-0.39, 0.29) is 36.6 Å². The molecule has 1 aromatic heterocycles. The van der Waals surface area contributed by atoms with Gasteiger partial charge in [-0.25, -0.2) is 4.98 Å². The van der Waals surface area contributed by atoms with Gasteiger partial charge in [0.1, 0.15) is 0 Å². The average Bonchev–Trinajstić information content (AvgIpc) is 3.13. The first kappa shape index (κ1) is 24.1. The third-order valence-electron chi connectivity index (χ3n) is 6.30. The van der Waals surface area contributed by atoms with Crippen molar-refractivity contribution in [1.29, 1.82) is 0 Å². The molecule has 0 radical (unpaired) electrons. The number of nitrogens with one attached hydrogen (secondary N) is 1. The molecule has 4 nitrogen and oxygen atoms in total. The average molecular weight is 456 g/mol. The van der Waals surface area contributed by atoms with Crippen LogP contribution in [-0.4, -0.2) is 16.9 Å². The minimum absolute atomic E-state index is 0. The van der Waals surface area contributed by atoms with Gasteiger partial charge in [0.2, 0.25) is 5.91 Å². The van der Waals surface area contributed by atoms with Crippen LogP contribution in [0.2, 0.25) is 0 Å². The van der Waals surface area contributed by atoms with E-state index in [0.717, 1.165) is 36.4 Å². The summed E-state index contributed by atoms with van der Waals surface area (Å²) in [6, 6.07) is 10.8. The number of benzene rings is 1. The molecule has 2 aliphatic carbocycles. The van der Waals surface area contributed by atoms with Gasteiger partial charge in [0.05, 0.1) is 17.2 Å². The number of thiazole rings is 1. The Morgan fingerprint density at radius 3 is 2.48 bits per heavy atom. The number of hydrogen-bond acceptors (Lipinski definition) is 4. The van der Waals surface area contributed by atoms with Crippen LogP contribution in [0.3, 0.4) is 0 Å². The van der Waals surface area contributed by atoms with Crippen LogP contribution >= 0.6 is 36.2 Å². The third kappa shape index (κ3) is 6.17. The highest BCUT2D eigenvalue weighted by Crippen LogP contribution is 2.41. The molecule has 2 unspecified atom stereocenters. The number of amides is 1. The van der Waals surface area contributed by atoms with E-state index in [0.29, 0.717) is 24.4 Å². The number of aromatic nitrogens is 1. The number of hydrogen-bond donors (Lipinski definition) is 2. The minimum Gasteiger partial charge on any atom is -0.350 e. The Hall–Kier alpha value is -1.14. The van der Waals surface area contributed by atoms with Crippen LogP contribution < -0.4 is 11.1 Å². The second-order valence-corrected chi connectivity index (χ2v) is 9.08. The predicted octanol–water partition coefficient (Wildman–Crippen LogP) is 4.54. The molecule has 2 aromatic rings. The zero-order valence-electron chi connectivity index (χ0n) is 16.6. The normalized spacial score (nSPS) is 25.4. The highest BCUT2D eigenvalue weighted by molar-refractivity contribution is 7.09. The van der Waals surface area contributed by atoms with Crippen molar-refractivity contribution in [3.63, 3.8) is 0 Å². The van der Waals surface area contributed by atoms with Crippen LogP contribution in [0.25, 0.3) is 0 Å². The lowest BCUT2D eigenvalue weighted by Crippen LogP contribution is -2.49. The number of carbonyl (C=O) groups is 1. The van der Waals surface area contributed by atoms with E-state index < -0.39 is 0 Å². The predicted molar refractivity (Wildman–Crippen MR) is 124 cm³/mol. The Bertz CT molecular complexity index is 756. The zero-order valence-corrected chi connectivity index (χ0v) is 19.0. The molecule has 29 heavy (non-hydrogen) atoms. The molecule has 1 amide bonds. The van der Waals surface area contributed by atoms with Gasteiger partial charge in [-0.2, -0.15) is 0 Å². The molecule has 2 aliphatic rings. The van der Waals surface area contributed by atoms with Gasteiger partial charge < -0.3 is 11.1 Å². The summed E-state index contributed by atoms with van der Waals surface area (Å²) in [6.45, 7) is 0.540. The van der Waals surface area contributed by atoms with E-state index >= 15 is 0 Å². The van der Waals surface area contributed by atoms with Crippen molar-refractivity contribution in [3.05, 3.63) is 52.0 Å². The first-order valence-electron chi connectivity index (χ1n) is 10.2. The molecule has 0 spiro atoms. The van der Waals surface area contributed by atoms with Gasteiger partial charge >= 0.3 is 0 Å². The lowest BCUT2D eigenvalue weighted by Gasteiger charge is -2.43. The fourth-order valence-corrected chi connectivity index (χ4v) is 5.56. The molecular weight excluding hydrogens is 425 g/mol. The molecular formula is C22H31Cl2N3OS. The molecule has 2 atom stereocenters. The number of halogens is 2. The van der Waals surface area contributed by atoms with E-state index in [1.165, 1.54) is 24.8 Å². The molecule has 0 aliphatic heterocycles. The van der Waals surface area contributed by atoms with Crippen molar-refractivity contribution in [3.8, 4) is 0 Å². The maximum Gasteiger partial charge on any atom is 0.223 e. The van der Waals surface area contributed by atoms with Gasteiger partial charge in [-0.05, 0) is 49.5 Å². The number of rotatable bonds is 6. The second-order valence-electron chi connectivity index (χ2n) is 8.13. The van der Waals surface area contributed by atoms with Crippen molar-refractivity contribution < 1.29 is 4.79 Å². The van der Waals surface area contributed by atoms with Crippen molar-refractivity contribution in [2.75, 3.05) is 0 Å². The summed E-state index contributed by atoms with van der Waals surface area (Å²) in [5, 5.41) is 6.34. The van der Waals surface area contributed by atoms with Crippen molar-refractivity contribution in [2.45, 2.75) is 57.5 Å². The summed E-state index contributed by atoms with van der Waals surface area (Å²) in [6.07, 6.45) is 7.54. The van der Waals surface area contributed by atoms with Crippen molar-refractivity contribution >= 4 is 42.1 Å². The van der Waals surface area contributed by atoms with Crippen LogP contribution in [0.1, 0.15) is 48.4 Å². The van der Waals surface area contributed by atoms with Gasteiger partial charge in [-0.1, -0.05) is 36.8 Å². The van der Waals surface area contributed by atoms with Gasteiger partial charge in [0.15, 0.2) is 0 Å². The Balaban J connectivity index is 0.00000150. The summed E-state index contributed by atoms with van der Waals surface area (Å²) in [5.41, 5.74) is 8.66. The van der Waals surface area contributed by atoms with Gasteiger partial charge in [0.25, 0.3) is 0 Å². The topological polar surface area (TPSA) is 68.0 Å². The lowest BCUT2D eigenvalue weighted by atomic mass is 9.65. The van der Waals surface area contributed by atoms with E-state index in [4.69, 9.17) is 10.7 Å². The third-order valence-corrected chi connectivity index (χ3v) is 7.25. The summed E-state index contributed by atoms with van der Waals surface area (Å²) < 4.78 is 0. The maximum absolute atomic E-state index is 12.7. The summed E-state index contributed by atoms with van der Waals surface area (Å²) >= 11 is 1.69. The first-order chi connectivity index (χ1) is 13.2. The fraction of sp³-hybridized carbons (Fsp3) is 0.545. The van der Waals surface area contributed by atoms with E-state index in [9.17, 15) is 4.79 Å². The summed E-state index contributed by atoms with van der Waals surface area (Å²) in [5.74, 6) is 1.41. The zero-order chi connectivity index (χ0) is 18.6. The molecule has 3 N–H and O–H groups in total. The van der Waals surface area contributed by atoms with E-state index in [1.807, 2.05) is 6.07 Å². The molecule has 2 saturated carbocycles. The molecule has 1 aromatic carbocycles. The number of nitrogens with two attached hydrogens (primary N) is 1. The van der Waals surface area contributed by atoms with Crippen LogP contribution in [-0.2, 0) is 24.2 Å². The number of aryl methyl sites for hydroxylation is 2. The first-order valence-corrected chi connectivity index (χ1v) is 11.1. The maximum atomic E-state index is 12.7. The fourth-order valence-electron chi connectivity index (χ4n) is 4.77. The largest absolute Gasteiger partial charge is 0.350 e. The molecule has 2 fully saturated rings. The van der Waals surface area contributed by atoms with Crippen molar-refractivity contribution in [2.24, 2.45) is 23.5 Å². The minimum atomic E-state index is 0. The molecule has 1 heterocycles. The second kappa shape index (κ2) is 11.3. The van der Waals surface area contributed by atoms with E-state index in [1.54, 1.807) is 11.3 Å². The Morgan fingerprint density at radius 1 is 1.10 bits per heavy atom. The van der Waals surface area contributed by atoms with E-state index in [2.05, 4.69) is 35.0 Å².